The van der Waals surface area contributed by atoms with Crippen molar-refractivity contribution in [2.24, 2.45) is 17.8 Å². The predicted molar refractivity (Wildman–Crippen MR) is 83.3 cm³/mol. The van der Waals surface area contributed by atoms with E-state index in [-0.39, 0.29) is 12.2 Å². The third kappa shape index (κ3) is 3.19. The fraction of sp³-hybridized carbons (Fsp3) is 0.941. The van der Waals surface area contributed by atoms with E-state index >= 15 is 0 Å². The second-order valence-electron chi connectivity index (χ2n) is 7.48. The minimum absolute atomic E-state index is 0.0477. The first kappa shape index (κ1) is 15.8. The molecule has 0 radical (unpaired) electrons. The molecule has 0 aromatic rings. The van der Waals surface area contributed by atoms with E-state index in [1.165, 1.54) is 19.3 Å². The van der Waals surface area contributed by atoms with Crippen LogP contribution in [0.25, 0.3) is 0 Å². The standard InChI is InChI=1S/C17H32N2O/c1-6-16-18-14(9-11(2)3)17(20)19(16)15-8-7-12(4)10-13(15)5/h11-16,18H,6-10H2,1-5H3. The molecular weight excluding hydrogens is 248 g/mol. The van der Waals surface area contributed by atoms with Crippen molar-refractivity contribution in [1.82, 2.24) is 10.2 Å². The quantitative estimate of drug-likeness (QED) is 0.856. The van der Waals surface area contributed by atoms with E-state index in [0.29, 0.717) is 23.8 Å². The van der Waals surface area contributed by atoms with Crippen LogP contribution < -0.4 is 5.32 Å². The van der Waals surface area contributed by atoms with E-state index in [1.807, 2.05) is 0 Å². The van der Waals surface area contributed by atoms with E-state index in [1.54, 1.807) is 0 Å². The molecule has 3 nitrogen and oxygen atoms in total. The molecule has 2 rings (SSSR count). The number of amides is 1. The first-order chi connectivity index (χ1) is 9.43. The van der Waals surface area contributed by atoms with Crippen LogP contribution in [0.3, 0.4) is 0 Å². The number of carbonyl (C=O) groups excluding carboxylic acids is 1. The van der Waals surface area contributed by atoms with Gasteiger partial charge in [0.1, 0.15) is 0 Å². The molecule has 3 heteroatoms. The Hall–Kier alpha value is -0.570. The summed E-state index contributed by atoms with van der Waals surface area (Å²) in [4.78, 5) is 15.0. The number of nitrogens with zero attached hydrogens (tertiary/aromatic N) is 1. The minimum atomic E-state index is 0.0477. The summed E-state index contributed by atoms with van der Waals surface area (Å²) in [6, 6.07) is 0.500. The average molecular weight is 280 g/mol. The van der Waals surface area contributed by atoms with Crippen molar-refractivity contribution in [1.29, 1.82) is 0 Å². The zero-order valence-corrected chi connectivity index (χ0v) is 13.9. The van der Waals surface area contributed by atoms with E-state index in [0.717, 1.165) is 18.8 Å². The first-order valence-corrected chi connectivity index (χ1v) is 8.52. The van der Waals surface area contributed by atoms with Crippen molar-refractivity contribution in [2.45, 2.75) is 85.0 Å². The van der Waals surface area contributed by atoms with Crippen molar-refractivity contribution in [3.63, 3.8) is 0 Å². The van der Waals surface area contributed by atoms with Crippen molar-refractivity contribution in [3.05, 3.63) is 0 Å². The van der Waals surface area contributed by atoms with E-state index in [4.69, 9.17) is 0 Å². The molecule has 1 aliphatic carbocycles. The van der Waals surface area contributed by atoms with E-state index in [9.17, 15) is 4.79 Å². The molecule has 0 aromatic carbocycles. The molecule has 0 spiro atoms. The Morgan fingerprint density at radius 3 is 2.55 bits per heavy atom. The number of hydrogen-bond donors (Lipinski definition) is 1. The third-order valence-electron chi connectivity index (χ3n) is 5.12. The number of nitrogens with one attached hydrogen (secondary N) is 1. The molecule has 5 atom stereocenters. The monoisotopic (exact) mass is 280 g/mol. The summed E-state index contributed by atoms with van der Waals surface area (Å²) in [5.74, 6) is 2.38. The van der Waals surface area contributed by atoms with Crippen LogP contribution in [0.4, 0.5) is 0 Å². The van der Waals surface area contributed by atoms with E-state index < -0.39 is 0 Å². The van der Waals surface area contributed by atoms with Crippen LogP contribution in [-0.2, 0) is 4.79 Å². The second kappa shape index (κ2) is 6.46. The van der Waals surface area contributed by atoms with Crippen LogP contribution >= 0.6 is 0 Å². The summed E-state index contributed by atoms with van der Waals surface area (Å²) in [6.07, 6.45) is 5.94. The zero-order valence-electron chi connectivity index (χ0n) is 13.9. The van der Waals surface area contributed by atoms with Gasteiger partial charge in [-0.25, -0.2) is 0 Å². The highest BCUT2D eigenvalue weighted by Crippen LogP contribution is 2.35. The maximum Gasteiger partial charge on any atom is 0.241 e. The molecule has 2 aliphatic rings. The molecule has 2 fully saturated rings. The Morgan fingerprint density at radius 2 is 2.00 bits per heavy atom. The van der Waals surface area contributed by atoms with Gasteiger partial charge in [-0.3, -0.25) is 10.1 Å². The number of rotatable bonds is 4. The molecule has 1 amide bonds. The fourth-order valence-corrected chi connectivity index (χ4v) is 4.13. The van der Waals surface area contributed by atoms with Crippen LogP contribution in [0, 0.1) is 17.8 Å². The average Bonchev–Trinajstić information content (AvgIpc) is 2.66. The van der Waals surface area contributed by atoms with Crippen LogP contribution in [0.1, 0.15) is 66.7 Å². The predicted octanol–water partition coefficient (Wildman–Crippen LogP) is 3.39. The van der Waals surface area contributed by atoms with Crippen molar-refractivity contribution < 1.29 is 4.79 Å². The highest BCUT2D eigenvalue weighted by Gasteiger charge is 2.44. The SMILES string of the molecule is CCC1NC(CC(C)C)C(=O)N1C1CCC(C)CC1C. The summed E-state index contributed by atoms with van der Waals surface area (Å²) in [7, 11) is 0. The van der Waals surface area contributed by atoms with Gasteiger partial charge < -0.3 is 4.90 Å². The van der Waals surface area contributed by atoms with Gasteiger partial charge in [-0.2, -0.15) is 0 Å². The fourth-order valence-electron chi connectivity index (χ4n) is 4.13. The maximum absolute atomic E-state index is 12.8. The topological polar surface area (TPSA) is 32.3 Å². The van der Waals surface area contributed by atoms with Crippen molar-refractivity contribution >= 4 is 5.91 Å². The molecule has 20 heavy (non-hydrogen) atoms. The lowest BCUT2D eigenvalue weighted by Crippen LogP contribution is -2.49. The maximum atomic E-state index is 12.8. The molecule has 1 N–H and O–H groups in total. The van der Waals surface area contributed by atoms with E-state index in [2.05, 4.69) is 44.8 Å². The highest BCUT2D eigenvalue weighted by atomic mass is 16.2. The third-order valence-corrected chi connectivity index (χ3v) is 5.12. The Morgan fingerprint density at radius 1 is 1.30 bits per heavy atom. The molecule has 1 saturated heterocycles. The normalized spacial score (nSPS) is 38.8. The largest absolute Gasteiger partial charge is 0.323 e. The Labute approximate surface area is 124 Å². The molecule has 5 unspecified atom stereocenters. The molecule has 1 saturated carbocycles. The van der Waals surface area contributed by atoms with Gasteiger partial charge in [-0.15, -0.1) is 0 Å². The summed E-state index contributed by atoms with van der Waals surface area (Å²) < 4.78 is 0. The van der Waals surface area contributed by atoms with Gasteiger partial charge in [0.05, 0.1) is 12.2 Å². The first-order valence-electron chi connectivity index (χ1n) is 8.52. The van der Waals surface area contributed by atoms with Gasteiger partial charge in [0.25, 0.3) is 0 Å². The van der Waals surface area contributed by atoms with Gasteiger partial charge in [0.2, 0.25) is 5.91 Å². The second-order valence-corrected chi connectivity index (χ2v) is 7.48. The Bertz CT molecular complexity index is 342. The summed E-state index contributed by atoms with van der Waals surface area (Å²) in [5, 5.41) is 3.58. The van der Waals surface area contributed by atoms with Gasteiger partial charge >= 0.3 is 0 Å². The smallest absolute Gasteiger partial charge is 0.241 e. The highest BCUT2D eigenvalue weighted by molar-refractivity contribution is 5.84. The number of carbonyl (C=O) groups is 1. The molecule has 1 aliphatic heterocycles. The lowest BCUT2D eigenvalue weighted by Gasteiger charge is -2.41. The molecule has 1 heterocycles. The van der Waals surface area contributed by atoms with Crippen molar-refractivity contribution in [2.75, 3.05) is 0 Å². The Balaban J connectivity index is 2.10. The minimum Gasteiger partial charge on any atom is -0.323 e. The molecule has 0 bridgehead atoms. The van der Waals surface area contributed by atoms with Crippen LogP contribution in [-0.4, -0.2) is 29.1 Å². The molecule has 116 valence electrons. The van der Waals surface area contributed by atoms with Crippen molar-refractivity contribution in [3.8, 4) is 0 Å². The van der Waals surface area contributed by atoms with Gasteiger partial charge in [-0.05, 0) is 49.9 Å². The van der Waals surface area contributed by atoms with Crippen LogP contribution in [0.15, 0.2) is 0 Å². The lowest BCUT2D eigenvalue weighted by molar-refractivity contribution is -0.134. The number of hydrogen-bond acceptors (Lipinski definition) is 2. The van der Waals surface area contributed by atoms with Gasteiger partial charge in [-0.1, -0.05) is 34.6 Å². The zero-order chi connectivity index (χ0) is 14.9. The summed E-state index contributed by atoms with van der Waals surface area (Å²) in [5.41, 5.74) is 0. The lowest BCUT2D eigenvalue weighted by atomic mass is 9.79. The van der Waals surface area contributed by atoms with Gasteiger partial charge in [0.15, 0.2) is 0 Å². The molecular formula is C17H32N2O. The summed E-state index contributed by atoms with van der Waals surface area (Å²) in [6.45, 7) is 11.3. The summed E-state index contributed by atoms with van der Waals surface area (Å²) >= 11 is 0. The van der Waals surface area contributed by atoms with Gasteiger partial charge in [0, 0.05) is 6.04 Å². The van der Waals surface area contributed by atoms with Crippen LogP contribution in [0.2, 0.25) is 0 Å². The molecule has 0 aromatic heterocycles. The van der Waals surface area contributed by atoms with Crippen LogP contribution in [0.5, 0.6) is 0 Å². The Kier molecular flexibility index (Phi) is 5.11.